The lowest BCUT2D eigenvalue weighted by molar-refractivity contribution is -0.139. The number of carboxylic acid groups (broad SMARTS) is 1. The van der Waals surface area contributed by atoms with Crippen LogP contribution in [0.3, 0.4) is 0 Å². The summed E-state index contributed by atoms with van der Waals surface area (Å²) in [6, 6.07) is 21.4. The van der Waals surface area contributed by atoms with Gasteiger partial charge in [-0.05, 0) is 63.0 Å². The van der Waals surface area contributed by atoms with E-state index >= 15 is 0 Å². The minimum Gasteiger partial charge on any atom is -0.481 e. The van der Waals surface area contributed by atoms with Crippen LogP contribution in [0.1, 0.15) is 33.8 Å². The summed E-state index contributed by atoms with van der Waals surface area (Å²) >= 11 is 2.07. The largest absolute Gasteiger partial charge is 0.481 e. The molecule has 35 heavy (non-hydrogen) atoms. The summed E-state index contributed by atoms with van der Waals surface area (Å²) in [6.07, 6.45) is -0.479. The molecular formula is C27H23IN2O5. The lowest BCUT2D eigenvalue weighted by atomic mass is 9.95. The summed E-state index contributed by atoms with van der Waals surface area (Å²) < 4.78 is 6.32. The Morgan fingerprint density at radius 1 is 0.971 bits per heavy atom. The average molecular weight is 582 g/mol. The quantitative estimate of drug-likeness (QED) is 0.390. The molecule has 1 heterocycles. The summed E-state index contributed by atoms with van der Waals surface area (Å²) in [5, 5.41) is 11.6. The van der Waals surface area contributed by atoms with Crippen LogP contribution in [0, 0.1) is 9.49 Å². The second kappa shape index (κ2) is 9.69. The van der Waals surface area contributed by atoms with Crippen molar-refractivity contribution in [1.82, 2.24) is 4.90 Å². The fraction of sp³-hybridized carbons (Fsp3) is 0.222. The smallest absolute Gasteiger partial charge is 0.411 e. The molecule has 178 valence electrons. The van der Waals surface area contributed by atoms with Crippen molar-refractivity contribution in [2.45, 2.75) is 12.3 Å². The Hall–Kier alpha value is -3.40. The number of likely N-dealkylation sites (tertiary alicyclic amines) is 1. The first kappa shape index (κ1) is 23.3. The van der Waals surface area contributed by atoms with Gasteiger partial charge < -0.3 is 14.7 Å². The molecule has 0 radical (unpaired) electrons. The fourth-order valence-electron chi connectivity index (χ4n) is 4.79. The number of hydrogen-bond donors (Lipinski definition) is 2. The first-order valence-electron chi connectivity index (χ1n) is 11.3. The van der Waals surface area contributed by atoms with Crippen LogP contribution in [-0.4, -0.2) is 47.7 Å². The predicted molar refractivity (Wildman–Crippen MR) is 139 cm³/mol. The second-order valence-electron chi connectivity index (χ2n) is 8.82. The van der Waals surface area contributed by atoms with Crippen LogP contribution in [0.5, 0.6) is 0 Å². The zero-order valence-electron chi connectivity index (χ0n) is 18.7. The number of ether oxygens (including phenoxy) is 1. The normalized spacial score (nSPS) is 14.6. The first-order chi connectivity index (χ1) is 16.9. The molecule has 0 saturated carbocycles. The minimum absolute atomic E-state index is 0.00466. The number of carbonyl (C=O) groups is 3. The Bertz CT molecular complexity index is 1270. The van der Waals surface area contributed by atoms with E-state index < -0.39 is 12.1 Å². The van der Waals surface area contributed by atoms with E-state index in [-0.39, 0.29) is 30.8 Å². The molecule has 5 rings (SSSR count). The fourth-order valence-corrected chi connectivity index (χ4v) is 5.44. The number of carboxylic acids is 1. The molecule has 0 bridgehead atoms. The van der Waals surface area contributed by atoms with Gasteiger partial charge in [-0.15, -0.1) is 0 Å². The highest BCUT2D eigenvalue weighted by atomic mass is 127. The highest BCUT2D eigenvalue weighted by Crippen LogP contribution is 2.44. The number of anilines is 1. The maximum atomic E-state index is 12.7. The molecule has 1 saturated heterocycles. The molecule has 1 aliphatic heterocycles. The van der Waals surface area contributed by atoms with E-state index in [2.05, 4.69) is 52.2 Å². The lowest BCUT2D eigenvalue weighted by Gasteiger charge is -2.38. The van der Waals surface area contributed by atoms with Gasteiger partial charge in [0.1, 0.15) is 6.61 Å². The van der Waals surface area contributed by atoms with Gasteiger partial charge in [-0.25, -0.2) is 4.79 Å². The molecule has 3 aromatic rings. The van der Waals surface area contributed by atoms with Crippen molar-refractivity contribution in [3.63, 3.8) is 0 Å². The Labute approximate surface area is 216 Å². The van der Waals surface area contributed by atoms with Gasteiger partial charge in [-0.1, -0.05) is 48.5 Å². The second-order valence-corrected chi connectivity index (χ2v) is 9.98. The summed E-state index contributed by atoms with van der Waals surface area (Å²) in [5.41, 5.74) is 5.70. The summed E-state index contributed by atoms with van der Waals surface area (Å²) in [7, 11) is 0. The number of nitrogens with zero attached hydrogens (tertiary/aromatic N) is 1. The van der Waals surface area contributed by atoms with Crippen LogP contribution in [0.15, 0.2) is 66.7 Å². The zero-order valence-corrected chi connectivity index (χ0v) is 20.9. The molecule has 7 nitrogen and oxygen atoms in total. The van der Waals surface area contributed by atoms with Crippen LogP contribution < -0.4 is 5.32 Å². The van der Waals surface area contributed by atoms with Crippen molar-refractivity contribution in [1.29, 1.82) is 0 Å². The molecule has 0 atom stereocenters. The van der Waals surface area contributed by atoms with E-state index in [0.717, 1.165) is 11.1 Å². The van der Waals surface area contributed by atoms with Gasteiger partial charge in [0.25, 0.3) is 5.91 Å². The summed E-state index contributed by atoms with van der Waals surface area (Å²) in [6.45, 7) is 1.11. The van der Waals surface area contributed by atoms with Crippen molar-refractivity contribution in [3.05, 3.63) is 87.0 Å². The predicted octanol–water partition coefficient (Wildman–Crippen LogP) is 5.20. The Morgan fingerprint density at radius 2 is 1.60 bits per heavy atom. The number of halogens is 1. The molecule has 8 heteroatoms. The minimum atomic E-state index is -0.847. The van der Waals surface area contributed by atoms with Crippen molar-refractivity contribution in [3.8, 4) is 11.1 Å². The zero-order chi connectivity index (χ0) is 24.5. The molecule has 0 unspecified atom stereocenters. The molecule has 3 aromatic carbocycles. The summed E-state index contributed by atoms with van der Waals surface area (Å²) in [4.78, 5) is 37.7. The van der Waals surface area contributed by atoms with E-state index in [1.165, 1.54) is 11.1 Å². The van der Waals surface area contributed by atoms with Crippen LogP contribution in [0.4, 0.5) is 10.5 Å². The average Bonchev–Trinajstić information content (AvgIpc) is 3.14. The van der Waals surface area contributed by atoms with E-state index in [4.69, 9.17) is 9.84 Å². The monoisotopic (exact) mass is 582 g/mol. The number of hydrogen-bond acceptors (Lipinski definition) is 4. The molecule has 1 fully saturated rings. The van der Waals surface area contributed by atoms with Gasteiger partial charge in [0.05, 0.1) is 12.1 Å². The third-order valence-electron chi connectivity index (χ3n) is 6.50. The molecule has 2 aliphatic rings. The van der Waals surface area contributed by atoms with Gasteiger partial charge in [0.2, 0.25) is 0 Å². The Balaban J connectivity index is 1.20. The van der Waals surface area contributed by atoms with Crippen molar-refractivity contribution in [2.24, 2.45) is 5.92 Å². The number of benzene rings is 3. The van der Waals surface area contributed by atoms with E-state index in [9.17, 15) is 14.4 Å². The van der Waals surface area contributed by atoms with Crippen LogP contribution >= 0.6 is 22.6 Å². The van der Waals surface area contributed by atoms with Crippen LogP contribution in [0.25, 0.3) is 11.1 Å². The lowest BCUT2D eigenvalue weighted by Crippen LogP contribution is -2.50. The number of rotatable bonds is 6. The molecule has 2 amide bonds. The van der Waals surface area contributed by atoms with Crippen LogP contribution in [0.2, 0.25) is 0 Å². The van der Waals surface area contributed by atoms with E-state index in [1.54, 1.807) is 23.1 Å². The number of aliphatic carboxylic acids is 1. The van der Waals surface area contributed by atoms with Crippen molar-refractivity contribution >= 4 is 46.2 Å². The number of fused-ring (bicyclic) bond motifs is 3. The van der Waals surface area contributed by atoms with Gasteiger partial charge in [0, 0.05) is 34.1 Å². The van der Waals surface area contributed by atoms with Gasteiger partial charge >= 0.3 is 12.1 Å². The Kier molecular flexibility index (Phi) is 6.46. The van der Waals surface area contributed by atoms with E-state index in [1.807, 2.05) is 24.3 Å². The maximum absolute atomic E-state index is 12.7. The maximum Gasteiger partial charge on any atom is 0.411 e. The number of nitrogens with one attached hydrogen (secondary N) is 1. The van der Waals surface area contributed by atoms with E-state index in [0.29, 0.717) is 27.9 Å². The van der Waals surface area contributed by atoms with Gasteiger partial charge in [-0.2, -0.15) is 0 Å². The summed E-state index contributed by atoms with van der Waals surface area (Å²) in [5.74, 6) is -1.00. The molecule has 0 aromatic heterocycles. The van der Waals surface area contributed by atoms with Gasteiger partial charge in [0.15, 0.2) is 0 Å². The topological polar surface area (TPSA) is 95.9 Å². The number of amides is 2. The SMILES string of the molecule is O=C(O)CC1CN(C(=O)c2ccc(NC(=O)OCC3c4ccccc4-c4ccccc43)c(I)c2)C1. The standard InChI is InChI=1S/C27H23IN2O5/c28-23-12-17(26(33)30-13-16(14-30)11-25(31)32)9-10-24(23)29-27(34)35-15-22-20-7-3-1-5-18(20)19-6-2-4-8-21(19)22/h1-10,12,16,22H,11,13-15H2,(H,29,34)(H,31,32). The molecule has 1 aliphatic carbocycles. The molecule has 2 N–H and O–H groups in total. The molecular weight excluding hydrogens is 559 g/mol. The van der Waals surface area contributed by atoms with Crippen molar-refractivity contribution < 1.29 is 24.2 Å². The highest BCUT2D eigenvalue weighted by Gasteiger charge is 2.33. The number of carbonyl (C=O) groups excluding carboxylic acids is 2. The molecule has 0 spiro atoms. The Morgan fingerprint density at radius 3 is 2.20 bits per heavy atom. The first-order valence-corrected chi connectivity index (χ1v) is 12.4. The highest BCUT2D eigenvalue weighted by molar-refractivity contribution is 14.1. The third-order valence-corrected chi connectivity index (χ3v) is 7.40. The van der Waals surface area contributed by atoms with Crippen LogP contribution in [-0.2, 0) is 9.53 Å². The van der Waals surface area contributed by atoms with Crippen molar-refractivity contribution in [2.75, 3.05) is 25.0 Å². The third kappa shape index (κ3) is 4.75. The van der Waals surface area contributed by atoms with Gasteiger partial charge in [-0.3, -0.25) is 14.9 Å².